The van der Waals surface area contributed by atoms with Crippen molar-refractivity contribution < 1.29 is 32.1 Å². The van der Waals surface area contributed by atoms with Gasteiger partial charge in [0.2, 0.25) is 11.0 Å². The number of alkyl carbamates (subject to hydrolysis) is 1. The lowest BCUT2D eigenvalue weighted by molar-refractivity contribution is -0.123. The van der Waals surface area contributed by atoms with Crippen molar-refractivity contribution >= 4 is 56.2 Å². The van der Waals surface area contributed by atoms with Gasteiger partial charge in [0, 0.05) is 17.5 Å². The van der Waals surface area contributed by atoms with Crippen LogP contribution >= 0.6 is 23.1 Å². The van der Waals surface area contributed by atoms with Gasteiger partial charge in [-0.05, 0) is 41.1 Å². The van der Waals surface area contributed by atoms with E-state index in [-0.39, 0.29) is 29.3 Å². The van der Waals surface area contributed by atoms with E-state index in [2.05, 4.69) is 10.6 Å². The van der Waals surface area contributed by atoms with E-state index in [1.807, 2.05) is 35.1 Å². The lowest BCUT2D eigenvalue weighted by atomic mass is 10.0. The minimum atomic E-state index is -4.44. The second kappa shape index (κ2) is 14.5. The minimum absolute atomic E-state index is 0.137. The van der Waals surface area contributed by atoms with Crippen LogP contribution in [0.2, 0.25) is 0 Å². The Balaban J connectivity index is 1.83. The molecular weight excluding hydrogens is 577 g/mol. The van der Waals surface area contributed by atoms with Crippen LogP contribution < -0.4 is 21.1 Å². The molecule has 1 heterocycles. The van der Waals surface area contributed by atoms with Gasteiger partial charge in [-0.2, -0.15) is 8.42 Å². The molecule has 2 amide bonds. The highest BCUT2D eigenvalue weighted by molar-refractivity contribution is 8.16. The number of carbonyl (C=O) groups is 3. The fourth-order valence-electron chi connectivity index (χ4n) is 3.53. The van der Waals surface area contributed by atoms with E-state index in [4.69, 9.17) is 15.0 Å². The van der Waals surface area contributed by atoms with Crippen molar-refractivity contribution in [2.24, 2.45) is 5.73 Å². The fourth-order valence-corrected chi connectivity index (χ4v) is 5.41. The van der Waals surface area contributed by atoms with Gasteiger partial charge in [0.15, 0.2) is 0 Å². The molecule has 0 saturated heterocycles. The first-order chi connectivity index (χ1) is 19.0. The van der Waals surface area contributed by atoms with Gasteiger partial charge in [-0.1, -0.05) is 60.3 Å². The first-order valence-corrected chi connectivity index (χ1v) is 15.0. The summed E-state index contributed by atoms with van der Waals surface area (Å²) in [6, 6.07) is 16.8. The number of benzene rings is 2. The molecule has 2 unspecified atom stereocenters. The molecular formula is C26H28N4O7S3. The summed E-state index contributed by atoms with van der Waals surface area (Å²) >= 11 is 2.17. The van der Waals surface area contributed by atoms with Crippen molar-refractivity contribution in [2.45, 2.75) is 24.9 Å². The molecule has 40 heavy (non-hydrogen) atoms. The number of rotatable bonds is 12. The largest absolute Gasteiger partial charge is 0.453 e. The van der Waals surface area contributed by atoms with Crippen LogP contribution in [0.25, 0.3) is 0 Å². The number of ether oxygens (including phenoxy) is 1. The van der Waals surface area contributed by atoms with Crippen LogP contribution in [-0.4, -0.2) is 49.3 Å². The monoisotopic (exact) mass is 604 g/mol. The zero-order valence-electron chi connectivity index (χ0n) is 21.3. The Bertz CT molecular complexity index is 1430. The molecule has 14 heteroatoms. The molecule has 11 nitrogen and oxygen atoms in total. The van der Waals surface area contributed by atoms with Crippen LogP contribution in [-0.2, 0) is 32.7 Å². The first kappa shape index (κ1) is 30.7. The van der Waals surface area contributed by atoms with E-state index >= 15 is 0 Å². The summed E-state index contributed by atoms with van der Waals surface area (Å²) in [7, 11) is -3.25. The number of thiophene rings is 1. The predicted octanol–water partition coefficient (Wildman–Crippen LogP) is 3.33. The lowest BCUT2D eigenvalue weighted by Crippen LogP contribution is -2.52. The van der Waals surface area contributed by atoms with Crippen LogP contribution in [0.5, 0.6) is 0 Å². The molecule has 0 fully saturated rings. The second-order valence-electron chi connectivity index (χ2n) is 8.42. The summed E-state index contributed by atoms with van der Waals surface area (Å²) in [5.74, 6) is -0.533. The van der Waals surface area contributed by atoms with Crippen molar-refractivity contribution in [2.75, 3.05) is 11.8 Å². The van der Waals surface area contributed by atoms with Crippen LogP contribution in [0.15, 0.2) is 83.2 Å². The van der Waals surface area contributed by atoms with Gasteiger partial charge >= 0.3 is 16.4 Å². The summed E-state index contributed by atoms with van der Waals surface area (Å²) < 4.78 is 37.8. The van der Waals surface area contributed by atoms with Crippen LogP contribution in [0.3, 0.4) is 0 Å². The van der Waals surface area contributed by atoms with Crippen LogP contribution in [0, 0.1) is 0 Å². The number of amides is 2. The third-order valence-corrected chi connectivity index (χ3v) is 7.78. The van der Waals surface area contributed by atoms with Gasteiger partial charge < -0.3 is 21.1 Å². The molecule has 0 bridgehead atoms. The topological polar surface area (TPSA) is 177 Å². The summed E-state index contributed by atoms with van der Waals surface area (Å²) in [5.41, 5.74) is 8.15. The molecule has 2 atom stereocenters. The number of thioether (sulfide) groups is 1. The van der Waals surface area contributed by atoms with E-state index in [1.54, 1.807) is 29.6 Å². The van der Waals surface area contributed by atoms with Gasteiger partial charge in [-0.25, -0.2) is 4.79 Å². The highest BCUT2D eigenvalue weighted by Gasteiger charge is 2.25. The number of nitrogens with two attached hydrogens (primary N) is 1. The summed E-state index contributed by atoms with van der Waals surface area (Å²) in [6.45, 7) is 0. The average molecular weight is 605 g/mol. The van der Waals surface area contributed by atoms with Gasteiger partial charge in [-0.3, -0.25) is 18.9 Å². The Hall–Kier alpha value is -3.85. The van der Waals surface area contributed by atoms with E-state index in [0.29, 0.717) is 10.4 Å². The molecule has 212 valence electrons. The maximum absolute atomic E-state index is 13.4. The fraction of sp³-hybridized carbons (Fsp3) is 0.192. The van der Waals surface area contributed by atoms with Crippen molar-refractivity contribution in [3.63, 3.8) is 0 Å². The molecule has 0 saturated carbocycles. The summed E-state index contributed by atoms with van der Waals surface area (Å²) in [4.78, 5) is 38.4. The summed E-state index contributed by atoms with van der Waals surface area (Å²) in [6.07, 6.45) is -0.431. The van der Waals surface area contributed by atoms with Gasteiger partial charge in [-0.15, -0.1) is 11.3 Å². The zero-order valence-corrected chi connectivity index (χ0v) is 23.7. The maximum Gasteiger partial charge on any atom is 0.407 e. The molecule has 0 radical (unpaired) electrons. The van der Waals surface area contributed by atoms with Crippen molar-refractivity contribution in [1.82, 2.24) is 10.6 Å². The number of nitrogens with one attached hydrogen (secondary N) is 3. The molecule has 0 aliphatic rings. The standard InChI is InChI=1S/C26H28N4O7S3/c1-37-26(33)29-22(15-17-6-3-2-4-7-17)24(31)28-21(20(27)16-39-25(32)23-8-5-13-38-23)14-18-9-11-19(12-10-18)30-40(34,35)36/h2-13,16,21-22,30H,14-15,27H2,1H3,(H,28,31)(H,29,33)(H,34,35,36)/b20-16-. The Morgan fingerprint density at radius 1 is 0.975 bits per heavy atom. The van der Waals surface area contributed by atoms with Gasteiger partial charge in [0.1, 0.15) is 6.04 Å². The maximum atomic E-state index is 13.4. The molecule has 0 aliphatic carbocycles. The van der Waals surface area contributed by atoms with Gasteiger partial charge in [0.25, 0.3) is 0 Å². The SMILES string of the molecule is COC(=O)NC(Cc1ccccc1)C(=O)NC(Cc1ccc(NS(=O)(=O)O)cc1)/C(N)=C/SC(=O)c1cccs1. The highest BCUT2D eigenvalue weighted by Crippen LogP contribution is 2.21. The Labute approximate surface area is 240 Å². The number of carbonyl (C=O) groups excluding carboxylic acids is 3. The van der Waals surface area contributed by atoms with E-state index in [0.717, 1.165) is 17.3 Å². The third kappa shape index (κ3) is 10.0. The molecule has 2 aromatic carbocycles. The van der Waals surface area contributed by atoms with Crippen LogP contribution in [0.4, 0.5) is 10.5 Å². The van der Waals surface area contributed by atoms with Gasteiger partial charge in [0.05, 0.1) is 23.7 Å². The lowest BCUT2D eigenvalue weighted by Gasteiger charge is -2.24. The van der Waals surface area contributed by atoms with E-state index in [1.165, 1.54) is 36.0 Å². The second-order valence-corrected chi connectivity index (χ2v) is 11.4. The van der Waals surface area contributed by atoms with E-state index < -0.39 is 34.4 Å². The Morgan fingerprint density at radius 2 is 1.62 bits per heavy atom. The molecule has 0 spiro atoms. The quantitative estimate of drug-likeness (QED) is 0.194. The number of anilines is 1. The van der Waals surface area contributed by atoms with Crippen molar-refractivity contribution in [1.29, 1.82) is 0 Å². The predicted molar refractivity (Wildman–Crippen MR) is 155 cm³/mol. The third-order valence-electron chi connectivity index (χ3n) is 5.46. The molecule has 6 N–H and O–H groups in total. The molecule has 1 aromatic heterocycles. The highest BCUT2D eigenvalue weighted by atomic mass is 32.2. The van der Waals surface area contributed by atoms with Crippen molar-refractivity contribution in [3.05, 3.63) is 99.2 Å². The first-order valence-electron chi connectivity index (χ1n) is 11.8. The zero-order chi connectivity index (χ0) is 29.1. The number of hydrogen-bond donors (Lipinski definition) is 5. The Kier molecular flexibility index (Phi) is 11.1. The number of methoxy groups -OCH3 is 1. The van der Waals surface area contributed by atoms with Crippen molar-refractivity contribution in [3.8, 4) is 0 Å². The normalized spacial score (nSPS) is 13.1. The van der Waals surface area contributed by atoms with E-state index in [9.17, 15) is 22.8 Å². The molecule has 0 aliphatic heterocycles. The number of hydrogen-bond acceptors (Lipinski definition) is 9. The molecule has 3 rings (SSSR count). The minimum Gasteiger partial charge on any atom is -0.453 e. The Morgan fingerprint density at radius 3 is 2.23 bits per heavy atom. The van der Waals surface area contributed by atoms with Crippen LogP contribution in [0.1, 0.15) is 20.8 Å². The molecule has 3 aromatic rings. The smallest absolute Gasteiger partial charge is 0.407 e. The summed E-state index contributed by atoms with van der Waals surface area (Å²) in [5, 5.41) is 8.42. The average Bonchev–Trinajstić information content (AvgIpc) is 3.47.